The van der Waals surface area contributed by atoms with Gasteiger partial charge >= 0.3 is 0 Å². The fourth-order valence-electron chi connectivity index (χ4n) is 2.62. The van der Waals surface area contributed by atoms with Crippen LogP contribution in [-0.2, 0) is 17.9 Å². The van der Waals surface area contributed by atoms with Gasteiger partial charge in [-0.05, 0) is 25.8 Å². The number of carbonyl (C=O) groups excluding carboxylic acids is 1. The van der Waals surface area contributed by atoms with Gasteiger partial charge in [0.05, 0.1) is 12.2 Å². The zero-order valence-corrected chi connectivity index (χ0v) is 12.4. The summed E-state index contributed by atoms with van der Waals surface area (Å²) in [5.41, 5.74) is 1.24. The van der Waals surface area contributed by atoms with Crippen molar-refractivity contribution in [1.29, 1.82) is 0 Å². The number of rotatable bonds is 6. The predicted molar refractivity (Wildman–Crippen MR) is 78.3 cm³/mol. The lowest BCUT2D eigenvalue weighted by Crippen LogP contribution is -2.45. The third kappa shape index (κ3) is 4.05. The lowest BCUT2D eigenvalue weighted by molar-refractivity contribution is -0.122. The number of nitrogens with one attached hydrogen (secondary N) is 2. The monoisotopic (exact) mass is 279 g/mol. The van der Waals surface area contributed by atoms with Crippen LogP contribution in [0.3, 0.4) is 0 Å². The lowest BCUT2D eigenvalue weighted by Gasteiger charge is -2.31. The molecule has 0 bridgehead atoms. The summed E-state index contributed by atoms with van der Waals surface area (Å²) in [6, 6.07) is 2.60. The van der Waals surface area contributed by atoms with Gasteiger partial charge in [0.25, 0.3) is 0 Å². The van der Waals surface area contributed by atoms with Gasteiger partial charge in [0, 0.05) is 45.5 Å². The smallest absolute Gasteiger partial charge is 0.233 e. The molecule has 2 heterocycles. The molecule has 0 saturated carbocycles. The zero-order chi connectivity index (χ0) is 14.4. The molecular weight excluding hydrogens is 254 g/mol. The summed E-state index contributed by atoms with van der Waals surface area (Å²) in [4.78, 5) is 13.6. The summed E-state index contributed by atoms with van der Waals surface area (Å²) in [6.45, 7) is 6.37. The van der Waals surface area contributed by atoms with E-state index in [4.69, 9.17) is 0 Å². The summed E-state index contributed by atoms with van der Waals surface area (Å²) in [5, 5.41) is 10.5. The molecule has 6 nitrogen and oxygen atoms in total. The molecule has 0 atom stereocenters. The molecule has 0 unspecified atom stereocenters. The highest BCUT2D eigenvalue weighted by Gasteiger charge is 2.20. The first-order chi connectivity index (χ1) is 9.72. The van der Waals surface area contributed by atoms with Crippen LogP contribution in [0.2, 0.25) is 0 Å². The van der Waals surface area contributed by atoms with Crippen molar-refractivity contribution in [2.24, 2.45) is 0 Å². The van der Waals surface area contributed by atoms with Crippen LogP contribution in [0.4, 0.5) is 0 Å². The highest BCUT2D eigenvalue weighted by Crippen LogP contribution is 2.11. The minimum Gasteiger partial charge on any atom is -0.358 e. The number of aromatic nitrogens is 2. The first-order valence-corrected chi connectivity index (χ1v) is 7.40. The molecular formula is C14H25N5O. The van der Waals surface area contributed by atoms with E-state index in [0.717, 1.165) is 39.0 Å². The van der Waals surface area contributed by atoms with E-state index < -0.39 is 0 Å². The Morgan fingerprint density at radius 1 is 1.45 bits per heavy atom. The van der Waals surface area contributed by atoms with E-state index in [0.29, 0.717) is 12.6 Å². The Morgan fingerprint density at radius 3 is 2.85 bits per heavy atom. The van der Waals surface area contributed by atoms with Gasteiger partial charge in [0.15, 0.2) is 0 Å². The average molecular weight is 279 g/mol. The fraction of sp³-hybridized carbons (Fsp3) is 0.714. The van der Waals surface area contributed by atoms with Crippen molar-refractivity contribution < 1.29 is 4.79 Å². The molecule has 112 valence electrons. The van der Waals surface area contributed by atoms with Crippen LogP contribution < -0.4 is 10.6 Å². The van der Waals surface area contributed by atoms with E-state index in [1.807, 2.05) is 10.9 Å². The lowest BCUT2D eigenvalue weighted by atomic mass is 10.0. The largest absolute Gasteiger partial charge is 0.358 e. The summed E-state index contributed by atoms with van der Waals surface area (Å²) in [6.07, 6.45) is 4.04. The molecule has 1 amide bonds. The van der Waals surface area contributed by atoms with Crippen molar-refractivity contribution in [3.05, 3.63) is 18.0 Å². The molecule has 1 fully saturated rings. The first-order valence-electron chi connectivity index (χ1n) is 7.40. The standard InChI is InChI=1S/C14H25N5O/c1-3-19-13(4-7-17-19)10-16-12-5-8-18(9-6-12)11-14(20)15-2/h4,7,12,16H,3,5-6,8-11H2,1-2H3,(H,15,20). The van der Waals surface area contributed by atoms with Crippen molar-refractivity contribution in [3.63, 3.8) is 0 Å². The zero-order valence-electron chi connectivity index (χ0n) is 12.4. The maximum absolute atomic E-state index is 11.3. The van der Waals surface area contributed by atoms with Crippen molar-refractivity contribution in [2.75, 3.05) is 26.7 Å². The van der Waals surface area contributed by atoms with E-state index >= 15 is 0 Å². The van der Waals surface area contributed by atoms with Gasteiger partial charge in [0.2, 0.25) is 5.91 Å². The fourth-order valence-corrected chi connectivity index (χ4v) is 2.62. The maximum Gasteiger partial charge on any atom is 0.233 e. The number of hydrogen-bond donors (Lipinski definition) is 2. The molecule has 0 spiro atoms. The quantitative estimate of drug-likeness (QED) is 0.781. The molecule has 2 N–H and O–H groups in total. The highest BCUT2D eigenvalue weighted by atomic mass is 16.1. The first kappa shape index (κ1) is 15.0. The molecule has 2 rings (SSSR count). The SMILES string of the molecule is CCn1nccc1CNC1CCN(CC(=O)NC)CC1. The third-order valence-corrected chi connectivity index (χ3v) is 3.91. The molecule has 0 aromatic carbocycles. The molecule has 1 aromatic rings. The van der Waals surface area contributed by atoms with Gasteiger partial charge in [0.1, 0.15) is 0 Å². The van der Waals surface area contributed by atoms with Gasteiger partial charge in [-0.25, -0.2) is 0 Å². The molecule has 1 aromatic heterocycles. The number of carbonyl (C=O) groups is 1. The Morgan fingerprint density at radius 2 is 2.20 bits per heavy atom. The van der Waals surface area contributed by atoms with Crippen LogP contribution in [0.1, 0.15) is 25.5 Å². The summed E-state index contributed by atoms with van der Waals surface area (Å²) in [5.74, 6) is 0.100. The van der Waals surface area contributed by atoms with E-state index in [9.17, 15) is 4.79 Å². The number of likely N-dealkylation sites (tertiary alicyclic amines) is 1. The maximum atomic E-state index is 11.3. The normalized spacial score (nSPS) is 17.3. The molecule has 1 saturated heterocycles. The van der Waals surface area contributed by atoms with Crippen LogP contribution in [0.15, 0.2) is 12.3 Å². The second-order valence-electron chi connectivity index (χ2n) is 5.24. The topological polar surface area (TPSA) is 62.2 Å². The van der Waals surface area contributed by atoms with Gasteiger partial charge in [-0.15, -0.1) is 0 Å². The van der Waals surface area contributed by atoms with Gasteiger partial charge in [-0.1, -0.05) is 0 Å². The Hall–Kier alpha value is -1.40. The molecule has 20 heavy (non-hydrogen) atoms. The number of aryl methyl sites for hydroxylation is 1. The van der Waals surface area contributed by atoms with Crippen LogP contribution >= 0.6 is 0 Å². The van der Waals surface area contributed by atoms with Crippen molar-refractivity contribution in [3.8, 4) is 0 Å². The minimum atomic E-state index is 0.100. The van der Waals surface area contributed by atoms with Gasteiger partial charge in [-0.2, -0.15) is 5.10 Å². The second kappa shape index (κ2) is 7.40. The average Bonchev–Trinajstić information content (AvgIpc) is 2.94. The Kier molecular flexibility index (Phi) is 5.55. The number of likely N-dealkylation sites (N-methyl/N-ethyl adjacent to an activating group) is 1. The molecule has 1 aliphatic heterocycles. The van der Waals surface area contributed by atoms with Gasteiger partial charge in [-0.3, -0.25) is 14.4 Å². The number of piperidine rings is 1. The summed E-state index contributed by atoms with van der Waals surface area (Å²) in [7, 11) is 1.69. The number of amides is 1. The van der Waals surface area contributed by atoms with Crippen molar-refractivity contribution >= 4 is 5.91 Å². The van der Waals surface area contributed by atoms with E-state index in [1.165, 1.54) is 5.69 Å². The molecule has 1 aliphatic rings. The Bertz CT molecular complexity index is 423. The predicted octanol–water partition coefficient (Wildman–Crippen LogP) is 0.203. The van der Waals surface area contributed by atoms with Crippen molar-refractivity contribution in [2.45, 2.75) is 38.9 Å². The number of hydrogen-bond acceptors (Lipinski definition) is 4. The van der Waals surface area contributed by atoms with Crippen LogP contribution in [0.5, 0.6) is 0 Å². The third-order valence-electron chi connectivity index (χ3n) is 3.91. The number of nitrogens with zero attached hydrogens (tertiary/aromatic N) is 3. The summed E-state index contributed by atoms with van der Waals surface area (Å²) < 4.78 is 2.02. The molecule has 0 aliphatic carbocycles. The van der Waals surface area contributed by atoms with Gasteiger partial charge < -0.3 is 10.6 Å². The van der Waals surface area contributed by atoms with E-state index in [-0.39, 0.29) is 5.91 Å². The Balaban J connectivity index is 1.71. The molecule has 6 heteroatoms. The second-order valence-corrected chi connectivity index (χ2v) is 5.24. The molecule has 0 radical (unpaired) electrons. The van der Waals surface area contributed by atoms with E-state index in [1.54, 1.807) is 7.05 Å². The minimum absolute atomic E-state index is 0.100. The van der Waals surface area contributed by atoms with Crippen LogP contribution in [-0.4, -0.2) is 53.3 Å². The van der Waals surface area contributed by atoms with Crippen LogP contribution in [0, 0.1) is 0 Å². The summed E-state index contributed by atoms with van der Waals surface area (Å²) >= 11 is 0. The Labute approximate surface area is 120 Å². The van der Waals surface area contributed by atoms with Crippen molar-refractivity contribution in [1.82, 2.24) is 25.3 Å². The van der Waals surface area contributed by atoms with Crippen LogP contribution in [0.25, 0.3) is 0 Å². The van der Waals surface area contributed by atoms with E-state index in [2.05, 4.69) is 33.6 Å². The highest BCUT2D eigenvalue weighted by molar-refractivity contribution is 5.77.